The molecule has 6 nitrogen and oxygen atoms in total. The summed E-state index contributed by atoms with van der Waals surface area (Å²) >= 11 is 13.4. The van der Waals surface area contributed by atoms with Crippen molar-refractivity contribution >= 4 is 46.7 Å². The number of hydrogen-bond acceptors (Lipinski definition) is 5. The van der Waals surface area contributed by atoms with Gasteiger partial charge in [-0.05, 0) is 19.9 Å². The number of anilines is 1. The van der Waals surface area contributed by atoms with Gasteiger partial charge in [0.1, 0.15) is 0 Å². The zero-order valence-corrected chi connectivity index (χ0v) is 17.1. The maximum atomic E-state index is 12.3. The molecular formula is C18H17Cl2N5OS. The van der Waals surface area contributed by atoms with E-state index in [0.29, 0.717) is 33.3 Å². The number of aryl methyl sites for hydroxylation is 1. The first-order valence-corrected chi connectivity index (χ1v) is 9.97. The summed E-state index contributed by atoms with van der Waals surface area (Å²) in [6, 6.07) is 11.4. The predicted molar refractivity (Wildman–Crippen MR) is 109 cm³/mol. The number of halogens is 2. The molecule has 0 saturated carbocycles. The first-order chi connectivity index (χ1) is 13.0. The van der Waals surface area contributed by atoms with Crippen molar-refractivity contribution < 1.29 is 4.79 Å². The number of nitrogens with one attached hydrogen (secondary N) is 1. The van der Waals surface area contributed by atoms with E-state index in [2.05, 4.69) is 20.5 Å². The van der Waals surface area contributed by atoms with Crippen molar-refractivity contribution in [3.05, 3.63) is 52.1 Å². The van der Waals surface area contributed by atoms with E-state index < -0.39 is 0 Å². The molecule has 0 aliphatic carbocycles. The van der Waals surface area contributed by atoms with Crippen molar-refractivity contribution in [3.63, 3.8) is 0 Å². The van der Waals surface area contributed by atoms with Crippen LogP contribution in [0.3, 0.4) is 0 Å². The quantitative estimate of drug-likeness (QED) is 0.583. The van der Waals surface area contributed by atoms with Crippen LogP contribution < -0.4 is 5.32 Å². The number of carbonyl (C=O) groups excluding carboxylic acids is 1. The number of aromatic nitrogens is 4. The number of amides is 1. The van der Waals surface area contributed by atoms with Crippen LogP contribution in [0.25, 0.3) is 11.4 Å². The fraction of sp³-hybridized carbons (Fsp3) is 0.222. The monoisotopic (exact) mass is 421 g/mol. The van der Waals surface area contributed by atoms with Crippen LogP contribution in [0.1, 0.15) is 12.6 Å². The Labute approximate surface area is 171 Å². The van der Waals surface area contributed by atoms with Gasteiger partial charge in [-0.1, -0.05) is 65.3 Å². The Bertz CT molecular complexity index is 962. The van der Waals surface area contributed by atoms with Crippen molar-refractivity contribution in [2.24, 2.45) is 0 Å². The summed E-state index contributed by atoms with van der Waals surface area (Å²) in [5.74, 6) is 1.00. The van der Waals surface area contributed by atoms with Crippen molar-refractivity contribution in [1.82, 2.24) is 19.7 Å². The number of nitrogens with zero attached hydrogens (tertiary/aromatic N) is 4. The molecule has 2 heterocycles. The highest BCUT2D eigenvalue weighted by molar-refractivity contribution is 7.99. The lowest BCUT2D eigenvalue weighted by Gasteiger charge is -2.09. The lowest BCUT2D eigenvalue weighted by atomic mass is 10.2. The molecule has 0 unspecified atom stereocenters. The lowest BCUT2D eigenvalue weighted by molar-refractivity contribution is -0.113. The largest absolute Gasteiger partial charge is 0.309 e. The molecule has 0 spiro atoms. The Morgan fingerprint density at radius 1 is 1.19 bits per heavy atom. The molecular weight excluding hydrogens is 405 g/mol. The minimum absolute atomic E-state index is 0.159. The highest BCUT2D eigenvalue weighted by Gasteiger charge is 2.15. The molecule has 3 rings (SSSR count). The van der Waals surface area contributed by atoms with Gasteiger partial charge in [-0.15, -0.1) is 10.2 Å². The molecule has 0 aliphatic rings. The third-order valence-corrected chi connectivity index (χ3v) is 5.40. The van der Waals surface area contributed by atoms with Crippen LogP contribution in [0, 0.1) is 6.92 Å². The number of hydrogen-bond donors (Lipinski definition) is 1. The van der Waals surface area contributed by atoms with Crippen molar-refractivity contribution in [1.29, 1.82) is 0 Å². The van der Waals surface area contributed by atoms with Crippen molar-refractivity contribution in [2.45, 2.75) is 25.5 Å². The van der Waals surface area contributed by atoms with Crippen LogP contribution in [0.4, 0.5) is 5.82 Å². The maximum Gasteiger partial charge on any atom is 0.236 e. The second kappa shape index (κ2) is 8.73. The molecule has 1 aromatic carbocycles. The number of rotatable bonds is 6. The molecule has 2 aromatic heterocycles. The summed E-state index contributed by atoms with van der Waals surface area (Å²) < 4.78 is 1.98. The van der Waals surface area contributed by atoms with Gasteiger partial charge in [-0.3, -0.25) is 4.79 Å². The van der Waals surface area contributed by atoms with Gasteiger partial charge in [0.25, 0.3) is 0 Å². The normalized spacial score (nSPS) is 10.8. The summed E-state index contributed by atoms with van der Waals surface area (Å²) in [4.78, 5) is 16.5. The number of benzene rings is 1. The van der Waals surface area contributed by atoms with E-state index in [1.807, 2.05) is 41.8 Å². The second-order valence-electron chi connectivity index (χ2n) is 5.64. The summed E-state index contributed by atoms with van der Waals surface area (Å²) in [6.45, 7) is 4.46. The average molecular weight is 422 g/mol. The zero-order chi connectivity index (χ0) is 19.4. The molecule has 0 fully saturated rings. The molecule has 1 N–H and O–H groups in total. The van der Waals surface area contributed by atoms with E-state index in [1.165, 1.54) is 11.8 Å². The second-order valence-corrected chi connectivity index (χ2v) is 7.40. The molecule has 140 valence electrons. The minimum Gasteiger partial charge on any atom is -0.309 e. The first-order valence-electron chi connectivity index (χ1n) is 8.23. The van der Waals surface area contributed by atoms with Crippen LogP contribution in [-0.4, -0.2) is 31.4 Å². The van der Waals surface area contributed by atoms with Gasteiger partial charge in [-0.2, -0.15) is 0 Å². The van der Waals surface area contributed by atoms with Gasteiger partial charge < -0.3 is 9.88 Å². The lowest BCUT2D eigenvalue weighted by Crippen LogP contribution is -2.16. The minimum atomic E-state index is -0.233. The SMILES string of the molecule is CCn1c(SCC(=O)Nc2nc(C)c(Cl)cc2Cl)nnc1-c1ccccc1. The van der Waals surface area contributed by atoms with E-state index in [1.54, 1.807) is 13.0 Å². The highest BCUT2D eigenvalue weighted by atomic mass is 35.5. The highest BCUT2D eigenvalue weighted by Crippen LogP contribution is 2.27. The van der Waals surface area contributed by atoms with Crippen LogP contribution in [0.15, 0.2) is 41.6 Å². The summed E-state index contributed by atoms with van der Waals surface area (Å²) in [7, 11) is 0. The topological polar surface area (TPSA) is 72.7 Å². The number of carbonyl (C=O) groups is 1. The molecule has 0 atom stereocenters. The Hall–Kier alpha value is -2.09. The molecule has 0 radical (unpaired) electrons. The van der Waals surface area contributed by atoms with E-state index in [4.69, 9.17) is 23.2 Å². The van der Waals surface area contributed by atoms with Gasteiger partial charge in [0, 0.05) is 12.1 Å². The smallest absolute Gasteiger partial charge is 0.236 e. The van der Waals surface area contributed by atoms with Gasteiger partial charge in [0.2, 0.25) is 5.91 Å². The Balaban J connectivity index is 1.69. The summed E-state index contributed by atoms with van der Waals surface area (Å²) in [5, 5.41) is 12.6. The molecule has 0 aliphatic heterocycles. The zero-order valence-electron chi connectivity index (χ0n) is 14.7. The third kappa shape index (κ3) is 4.61. The number of thioether (sulfide) groups is 1. The standard InChI is InChI=1S/C18H17Cl2N5OS/c1-3-25-17(12-7-5-4-6-8-12)23-24-18(25)27-10-15(26)22-16-14(20)9-13(19)11(2)21-16/h4-9H,3,10H2,1-2H3,(H,21,22,26). The van der Waals surface area contributed by atoms with E-state index in [-0.39, 0.29) is 11.7 Å². The van der Waals surface area contributed by atoms with E-state index >= 15 is 0 Å². The van der Waals surface area contributed by atoms with Crippen LogP contribution in [0.2, 0.25) is 10.0 Å². The fourth-order valence-electron chi connectivity index (χ4n) is 2.43. The predicted octanol–water partition coefficient (Wildman–Crippen LogP) is 4.71. The fourth-order valence-corrected chi connectivity index (χ4v) is 3.63. The molecule has 27 heavy (non-hydrogen) atoms. The Morgan fingerprint density at radius 2 is 1.93 bits per heavy atom. The average Bonchev–Trinajstić information content (AvgIpc) is 3.08. The first kappa shape index (κ1) is 19.7. The van der Waals surface area contributed by atoms with E-state index in [9.17, 15) is 4.79 Å². The molecule has 0 bridgehead atoms. The van der Waals surface area contributed by atoms with Gasteiger partial charge >= 0.3 is 0 Å². The molecule has 3 aromatic rings. The maximum absolute atomic E-state index is 12.3. The van der Waals surface area contributed by atoms with Crippen LogP contribution in [-0.2, 0) is 11.3 Å². The van der Waals surface area contributed by atoms with Crippen LogP contribution >= 0.6 is 35.0 Å². The van der Waals surface area contributed by atoms with Gasteiger partial charge in [0.15, 0.2) is 16.8 Å². The number of pyridine rings is 1. The van der Waals surface area contributed by atoms with Gasteiger partial charge in [0.05, 0.1) is 21.5 Å². The molecule has 1 amide bonds. The molecule has 9 heteroatoms. The summed E-state index contributed by atoms with van der Waals surface area (Å²) in [5.41, 5.74) is 1.58. The van der Waals surface area contributed by atoms with Gasteiger partial charge in [-0.25, -0.2) is 4.98 Å². The third-order valence-electron chi connectivity index (χ3n) is 3.76. The van der Waals surface area contributed by atoms with Crippen LogP contribution in [0.5, 0.6) is 0 Å². The van der Waals surface area contributed by atoms with Crippen molar-refractivity contribution in [3.8, 4) is 11.4 Å². The Morgan fingerprint density at radius 3 is 2.63 bits per heavy atom. The Kier molecular flexibility index (Phi) is 6.36. The van der Waals surface area contributed by atoms with Crippen molar-refractivity contribution in [2.75, 3.05) is 11.1 Å². The van der Waals surface area contributed by atoms with E-state index in [0.717, 1.165) is 11.4 Å². The molecule has 0 saturated heterocycles. The summed E-state index contributed by atoms with van der Waals surface area (Å²) in [6.07, 6.45) is 0.